The Morgan fingerprint density at radius 3 is 1.63 bits per heavy atom. The second-order valence-corrected chi connectivity index (χ2v) is 10.9. The van der Waals surface area contributed by atoms with Crippen LogP contribution in [-0.4, -0.2) is 74.7 Å². The molecule has 2 aliphatic heterocycles. The van der Waals surface area contributed by atoms with Gasteiger partial charge in [-0.2, -0.15) is 0 Å². The summed E-state index contributed by atoms with van der Waals surface area (Å²) in [5.41, 5.74) is 7.04. The van der Waals surface area contributed by atoms with E-state index in [2.05, 4.69) is 13.2 Å². The van der Waals surface area contributed by atoms with Crippen LogP contribution in [0.3, 0.4) is 0 Å². The molecular weight excluding hydrogens is 638 g/mol. The Balaban J connectivity index is 1.03. The van der Waals surface area contributed by atoms with E-state index in [1.807, 2.05) is 0 Å². The molecule has 2 saturated heterocycles. The molecule has 3 aromatic carbocycles. The van der Waals surface area contributed by atoms with Crippen LogP contribution in [0.1, 0.15) is 43.9 Å². The predicted molar refractivity (Wildman–Crippen MR) is 173 cm³/mol. The van der Waals surface area contributed by atoms with Gasteiger partial charge in [-0.15, -0.1) is 0 Å². The SMILES string of the molecule is C=CC(=O)OCCCCOC(=C)Oc1ccc(C(=O)Oc2ccc(C(=O)O[C@@H]3COC4C3OC[C@@H]4OC(=O)c3ccc(N)cc3)cc2)cc1. The van der Waals surface area contributed by atoms with Crippen LogP contribution >= 0.6 is 0 Å². The van der Waals surface area contributed by atoms with Crippen molar-refractivity contribution in [2.75, 3.05) is 32.2 Å². The number of ether oxygens (including phenoxy) is 8. The zero-order valence-corrected chi connectivity index (χ0v) is 26.4. The summed E-state index contributed by atoms with van der Waals surface area (Å²) < 4.78 is 44.0. The molecule has 0 spiro atoms. The maximum atomic E-state index is 12.9. The highest BCUT2D eigenvalue weighted by atomic mass is 16.7. The Kier molecular flexibility index (Phi) is 11.6. The van der Waals surface area contributed by atoms with Crippen molar-refractivity contribution in [1.82, 2.24) is 0 Å². The van der Waals surface area contributed by atoms with E-state index in [0.29, 0.717) is 36.4 Å². The molecule has 2 N–H and O–H groups in total. The molecule has 0 aliphatic carbocycles. The number of nitrogen functional groups attached to an aromatic ring is 1. The normalized spacial score (nSPS) is 19.2. The highest BCUT2D eigenvalue weighted by Crippen LogP contribution is 2.32. The van der Waals surface area contributed by atoms with Crippen molar-refractivity contribution in [3.63, 3.8) is 0 Å². The molecule has 0 amide bonds. The number of anilines is 1. The van der Waals surface area contributed by atoms with E-state index in [9.17, 15) is 19.2 Å². The number of unbranched alkanes of at least 4 members (excludes halogenated alkanes) is 1. The van der Waals surface area contributed by atoms with Crippen LogP contribution < -0.4 is 15.2 Å². The summed E-state index contributed by atoms with van der Waals surface area (Å²) in [4.78, 5) is 49.1. The predicted octanol–water partition coefficient (Wildman–Crippen LogP) is 4.41. The van der Waals surface area contributed by atoms with Gasteiger partial charge in [-0.25, -0.2) is 19.2 Å². The number of hydrogen-bond acceptors (Lipinski definition) is 13. The molecule has 13 heteroatoms. The minimum Gasteiger partial charge on any atom is -0.466 e. The van der Waals surface area contributed by atoms with Gasteiger partial charge in [-0.05, 0) is 92.2 Å². The van der Waals surface area contributed by atoms with Gasteiger partial charge >= 0.3 is 23.9 Å². The van der Waals surface area contributed by atoms with E-state index < -0.39 is 48.3 Å². The molecule has 49 heavy (non-hydrogen) atoms. The van der Waals surface area contributed by atoms with E-state index in [1.54, 1.807) is 36.4 Å². The summed E-state index contributed by atoms with van der Waals surface area (Å²) in [5.74, 6) is -1.54. The summed E-state index contributed by atoms with van der Waals surface area (Å²) >= 11 is 0. The van der Waals surface area contributed by atoms with Crippen LogP contribution in [0.4, 0.5) is 5.69 Å². The number of fused-ring (bicyclic) bond motifs is 1. The maximum absolute atomic E-state index is 12.9. The smallest absolute Gasteiger partial charge is 0.343 e. The molecule has 0 saturated carbocycles. The van der Waals surface area contributed by atoms with Gasteiger partial charge in [-0.1, -0.05) is 6.58 Å². The van der Waals surface area contributed by atoms with Crippen LogP contribution in [0.2, 0.25) is 0 Å². The fourth-order valence-corrected chi connectivity index (χ4v) is 4.93. The number of carbonyl (C=O) groups is 4. The fraction of sp³-hybridized carbons (Fsp3) is 0.278. The van der Waals surface area contributed by atoms with Crippen molar-refractivity contribution in [2.24, 2.45) is 0 Å². The van der Waals surface area contributed by atoms with Gasteiger partial charge in [0.05, 0.1) is 43.1 Å². The number of rotatable bonds is 15. The molecule has 13 nitrogen and oxygen atoms in total. The van der Waals surface area contributed by atoms with Crippen LogP contribution in [0.15, 0.2) is 98.0 Å². The molecule has 256 valence electrons. The zero-order valence-electron chi connectivity index (χ0n) is 26.4. The van der Waals surface area contributed by atoms with E-state index in [1.165, 1.54) is 36.4 Å². The molecule has 0 bridgehead atoms. The summed E-state index contributed by atoms with van der Waals surface area (Å²) in [5, 5.41) is 0. The lowest BCUT2D eigenvalue weighted by Crippen LogP contribution is -2.36. The summed E-state index contributed by atoms with van der Waals surface area (Å²) in [7, 11) is 0. The molecule has 3 aromatic rings. The Labute approximate surface area is 282 Å². The van der Waals surface area contributed by atoms with Crippen LogP contribution in [0.5, 0.6) is 11.5 Å². The van der Waals surface area contributed by atoms with E-state index in [-0.39, 0.29) is 42.6 Å². The van der Waals surface area contributed by atoms with E-state index in [0.717, 1.165) is 6.08 Å². The number of nitrogens with two attached hydrogens (primary N) is 1. The van der Waals surface area contributed by atoms with Crippen LogP contribution in [0.25, 0.3) is 0 Å². The summed E-state index contributed by atoms with van der Waals surface area (Å²) in [6, 6.07) is 18.4. The summed E-state index contributed by atoms with van der Waals surface area (Å²) in [6.45, 7) is 7.80. The second-order valence-electron chi connectivity index (χ2n) is 10.9. The molecule has 5 rings (SSSR count). The average Bonchev–Trinajstić information content (AvgIpc) is 3.69. The first-order valence-electron chi connectivity index (χ1n) is 15.4. The number of carbonyl (C=O) groups excluding carboxylic acids is 4. The van der Waals surface area contributed by atoms with Gasteiger partial charge in [0.1, 0.15) is 23.7 Å². The van der Waals surface area contributed by atoms with Gasteiger partial charge in [0.15, 0.2) is 12.2 Å². The lowest BCUT2D eigenvalue weighted by atomic mass is 10.1. The molecule has 2 heterocycles. The second kappa shape index (κ2) is 16.4. The third-order valence-corrected chi connectivity index (χ3v) is 7.46. The first kappa shape index (κ1) is 34.7. The van der Waals surface area contributed by atoms with Gasteiger partial charge in [-0.3, -0.25) is 0 Å². The fourth-order valence-electron chi connectivity index (χ4n) is 4.93. The highest BCUT2D eigenvalue weighted by molar-refractivity contribution is 5.92. The third kappa shape index (κ3) is 9.46. The largest absolute Gasteiger partial charge is 0.466 e. The quantitative estimate of drug-likeness (QED) is 0.0459. The molecular formula is C36H35NO12. The minimum atomic E-state index is -0.702. The van der Waals surface area contributed by atoms with Crippen molar-refractivity contribution < 1.29 is 57.1 Å². The Bertz CT molecular complexity index is 1650. The lowest BCUT2D eigenvalue weighted by Gasteiger charge is -2.17. The molecule has 2 unspecified atom stereocenters. The first-order valence-corrected chi connectivity index (χ1v) is 15.4. The lowest BCUT2D eigenvalue weighted by molar-refractivity contribution is -0.137. The highest BCUT2D eigenvalue weighted by Gasteiger charge is 2.51. The summed E-state index contributed by atoms with van der Waals surface area (Å²) in [6.07, 6.45) is -0.198. The number of esters is 4. The first-order chi connectivity index (χ1) is 23.7. The maximum Gasteiger partial charge on any atom is 0.343 e. The third-order valence-electron chi connectivity index (χ3n) is 7.46. The van der Waals surface area contributed by atoms with Crippen molar-refractivity contribution in [1.29, 1.82) is 0 Å². The molecule has 0 aromatic heterocycles. The van der Waals surface area contributed by atoms with Gasteiger partial charge < -0.3 is 43.6 Å². The molecule has 4 atom stereocenters. The van der Waals surface area contributed by atoms with Gasteiger partial charge in [0.2, 0.25) is 0 Å². The topological polar surface area (TPSA) is 168 Å². The zero-order chi connectivity index (χ0) is 34.8. The molecule has 0 radical (unpaired) electrons. The van der Waals surface area contributed by atoms with E-state index in [4.69, 9.17) is 43.6 Å². The van der Waals surface area contributed by atoms with Crippen LogP contribution in [-0.2, 0) is 33.2 Å². The average molecular weight is 674 g/mol. The van der Waals surface area contributed by atoms with Gasteiger partial charge in [0, 0.05) is 11.8 Å². The number of hydrogen-bond donors (Lipinski definition) is 1. The monoisotopic (exact) mass is 673 g/mol. The van der Waals surface area contributed by atoms with Gasteiger partial charge in [0.25, 0.3) is 5.95 Å². The van der Waals surface area contributed by atoms with Crippen molar-refractivity contribution in [2.45, 2.75) is 37.3 Å². The van der Waals surface area contributed by atoms with Crippen molar-refractivity contribution in [3.8, 4) is 11.5 Å². The Morgan fingerprint density at radius 2 is 1.12 bits per heavy atom. The minimum absolute atomic E-state index is 0.0770. The molecule has 2 fully saturated rings. The Hall–Kier alpha value is -5.66. The Morgan fingerprint density at radius 1 is 0.673 bits per heavy atom. The number of benzene rings is 3. The van der Waals surface area contributed by atoms with Crippen LogP contribution in [0, 0.1) is 0 Å². The van der Waals surface area contributed by atoms with E-state index >= 15 is 0 Å². The van der Waals surface area contributed by atoms with Crippen molar-refractivity contribution in [3.05, 3.63) is 115 Å². The molecule has 2 aliphatic rings. The van der Waals surface area contributed by atoms with Crippen molar-refractivity contribution >= 4 is 29.6 Å². The standard InChI is InChI=1S/C36H35NO12/c1-3-31(38)43-19-5-4-18-42-22(2)46-27-14-8-24(9-15-27)34(39)47-28-16-10-25(11-17-28)36(41)49-30-21-45-32-29(20-44-33(30)32)48-35(40)23-6-12-26(37)13-7-23/h3,6-17,29-30,32-33H,1-2,4-5,18-21,37H2/t29-,30+,32?,33?/m0/s1.